The lowest BCUT2D eigenvalue weighted by atomic mass is 9.82. The van der Waals surface area contributed by atoms with Crippen LogP contribution in [-0.4, -0.2) is 13.0 Å². The van der Waals surface area contributed by atoms with Crippen molar-refractivity contribution in [3.63, 3.8) is 0 Å². The lowest BCUT2D eigenvalue weighted by Gasteiger charge is -2.25. The van der Waals surface area contributed by atoms with Gasteiger partial charge in [-0.1, -0.05) is 26.8 Å². The summed E-state index contributed by atoms with van der Waals surface area (Å²) in [5.41, 5.74) is 6.12. The molecule has 0 saturated carbocycles. The first-order valence-corrected chi connectivity index (χ1v) is 6.50. The molecule has 90 valence electrons. The van der Waals surface area contributed by atoms with Crippen LogP contribution in [0.2, 0.25) is 0 Å². The highest BCUT2D eigenvalue weighted by Gasteiger charge is 2.26. The first kappa shape index (κ1) is 13.0. The fourth-order valence-corrected chi connectivity index (χ4v) is 2.41. The molecule has 0 atom stereocenters. The molecule has 0 aliphatic heterocycles. The van der Waals surface area contributed by atoms with Crippen LogP contribution in [0.4, 0.5) is 5.69 Å². The third kappa shape index (κ3) is 2.54. The summed E-state index contributed by atoms with van der Waals surface area (Å²) >= 11 is 0. The first-order chi connectivity index (χ1) is 7.18. The lowest BCUT2D eigenvalue weighted by Crippen LogP contribution is -2.20. The van der Waals surface area contributed by atoms with Crippen LogP contribution in [0.1, 0.15) is 32.8 Å². The minimum Gasteiger partial charge on any atom is -0.399 e. The van der Waals surface area contributed by atoms with Crippen molar-refractivity contribution in [1.82, 2.24) is 0 Å². The lowest BCUT2D eigenvalue weighted by molar-refractivity contribution is 0.464. The molecule has 1 aromatic carbocycles. The summed E-state index contributed by atoms with van der Waals surface area (Å²) < 4.78 is 31.7. The van der Waals surface area contributed by atoms with E-state index in [0.29, 0.717) is 11.3 Å². The normalized spacial score (nSPS) is 12.8. The van der Waals surface area contributed by atoms with Gasteiger partial charge in [0.05, 0.1) is 4.90 Å². The molecule has 0 amide bonds. The first-order valence-electron chi connectivity index (χ1n) is 5.06. The predicted octanol–water partition coefficient (Wildman–Crippen LogP) is 2.20. The van der Waals surface area contributed by atoms with Gasteiger partial charge >= 0.3 is 0 Å². The Hall–Kier alpha value is -1.07. The zero-order valence-corrected chi connectivity index (χ0v) is 10.5. The monoisotopic (exact) mass is 243 g/mol. The minimum absolute atomic E-state index is 0.0978. The van der Waals surface area contributed by atoms with Crippen LogP contribution < -0.4 is 5.73 Å². The van der Waals surface area contributed by atoms with Crippen LogP contribution in [0.25, 0.3) is 0 Å². The van der Waals surface area contributed by atoms with Crippen molar-refractivity contribution in [3.05, 3.63) is 23.8 Å². The van der Waals surface area contributed by atoms with Crippen LogP contribution >= 0.6 is 0 Å². The van der Waals surface area contributed by atoms with E-state index in [1.165, 1.54) is 6.07 Å². The maximum atomic E-state index is 11.3. The van der Waals surface area contributed by atoms with Crippen LogP contribution in [0.3, 0.4) is 0 Å². The Bertz CT molecular complexity index is 492. The average Bonchev–Trinajstić information content (AvgIpc) is 2.16. The summed E-state index contributed by atoms with van der Waals surface area (Å²) in [5, 5.41) is 0. The molecule has 0 radical (unpaired) electrons. The summed E-state index contributed by atoms with van der Waals surface area (Å²) in [7, 11) is -4.23. The Balaban J connectivity index is 3.53. The number of hydrogen-bond acceptors (Lipinski definition) is 3. The van der Waals surface area contributed by atoms with Gasteiger partial charge < -0.3 is 5.73 Å². The van der Waals surface area contributed by atoms with E-state index in [2.05, 4.69) is 0 Å². The molecular weight excluding hydrogens is 226 g/mol. The van der Waals surface area contributed by atoms with Crippen LogP contribution in [0.5, 0.6) is 0 Å². The third-order valence-corrected chi connectivity index (χ3v) is 3.79. The zero-order valence-electron chi connectivity index (χ0n) is 9.69. The van der Waals surface area contributed by atoms with Crippen LogP contribution in [-0.2, 0) is 15.5 Å². The van der Waals surface area contributed by atoms with Crippen molar-refractivity contribution in [3.8, 4) is 0 Å². The second-order valence-electron chi connectivity index (χ2n) is 4.47. The van der Waals surface area contributed by atoms with Gasteiger partial charge in [0.2, 0.25) is 0 Å². The van der Waals surface area contributed by atoms with Gasteiger partial charge in [0.1, 0.15) is 0 Å². The molecule has 0 unspecified atom stereocenters. The minimum atomic E-state index is -4.23. The molecule has 0 aliphatic rings. The van der Waals surface area contributed by atoms with Gasteiger partial charge in [0.25, 0.3) is 10.1 Å². The van der Waals surface area contributed by atoms with Crippen molar-refractivity contribution < 1.29 is 13.0 Å². The highest BCUT2D eigenvalue weighted by atomic mass is 32.2. The van der Waals surface area contributed by atoms with Crippen molar-refractivity contribution in [2.45, 2.75) is 37.5 Å². The second kappa shape index (κ2) is 4.07. The number of hydrogen-bond donors (Lipinski definition) is 2. The number of benzene rings is 1. The summed E-state index contributed by atoms with van der Waals surface area (Å²) in [5.74, 6) is 0. The molecule has 16 heavy (non-hydrogen) atoms. The van der Waals surface area contributed by atoms with E-state index in [9.17, 15) is 8.42 Å². The van der Waals surface area contributed by atoms with Gasteiger partial charge in [-0.05, 0) is 29.5 Å². The number of rotatable bonds is 3. The molecule has 5 heteroatoms. The van der Waals surface area contributed by atoms with Crippen LogP contribution in [0.15, 0.2) is 23.1 Å². The van der Waals surface area contributed by atoms with E-state index in [1.54, 1.807) is 12.1 Å². The Morgan fingerprint density at radius 3 is 2.38 bits per heavy atom. The van der Waals surface area contributed by atoms with Gasteiger partial charge in [0, 0.05) is 5.69 Å². The highest BCUT2D eigenvalue weighted by molar-refractivity contribution is 7.85. The molecule has 0 spiro atoms. The Labute approximate surface area is 96.2 Å². The largest absolute Gasteiger partial charge is 0.399 e. The molecular formula is C11H17NO3S. The molecule has 0 aromatic heterocycles. The SMILES string of the molecule is CCC(C)(C)c1ccc(N)cc1S(=O)(=O)O. The molecule has 0 bridgehead atoms. The predicted molar refractivity (Wildman–Crippen MR) is 64.0 cm³/mol. The standard InChI is InChI=1S/C11H17NO3S/c1-4-11(2,3)9-6-5-8(12)7-10(9)16(13,14)15/h5-7H,4,12H2,1-3H3,(H,13,14,15). The van der Waals surface area contributed by atoms with Crippen molar-refractivity contribution in [2.24, 2.45) is 0 Å². The highest BCUT2D eigenvalue weighted by Crippen LogP contribution is 2.33. The van der Waals surface area contributed by atoms with Gasteiger partial charge in [-0.3, -0.25) is 4.55 Å². The number of nitrogen functional groups attached to an aromatic ring is 1. The third-order valence-electron chi connectivity index (χ3n) is 2.90. The van der Waals surface area contributed by atoms with E-state index in [-0.39, 0.29) is 10.3 Å². The molecule has 0 saturated heterocycles. The zero-order chi connectivity index (χ0) is 12.6. The molecule has 0 fully saturated rings. The Kier molecular flexibility index (Phi) is 3.30. The molecule has 4 nitrogen and oxygen atoms in total. The van der Waals surface area contributed by atoms with E-state index >= 15 is 0 Å². The molecule has 1 aromatic rings. The molecule has 3 N–H and O–H groups in total. The summed E-state index contributed by atoms with van der Waals surface area (Å²) in [6.07, 6.45) is 0.763. The number of nitrogens with two attached hydrogens (primary N) is 1. The summed E-state index contributed by atoms with van der Waals surface area (Å²) in [4.78, 5) is -0.0978. The maximum absolute atomic E-state index is 11.3. The molecule has 0 heterocycles. The fraction of sp³-hybridized carbons (Fsp3) is 0.455. The van der Waals surface area contributed by atoms with Gasteiger partial charge in [0.15, 0.2) is 0 Å². The topological polar surface area (TPSA) is 80.4 Å². The summed E-state index contributed by atoms with van der Waals surface area (Å²) in [6.45, 7) is 5.81. The van der Waals surface area contributed by atoms with Crippen LogP contribution in [0, 0.1) is 0 Å². The Morgan fingerprint density at radius 1 is 1.38 bits per heavy atom. The van der Waals surface area contributed by atoms with E-state index in [4.69, 9.17) is 10.3 Å². The van der Waals surface area contributed by atoms with E-state index < -0.39 is 10.1 Å². The van der Waals surface area contributed by atoms with Crippen molar-refractivity contribution >= 4 is 15.8 Å². The summed E-state index contributed by atoms with van der Waals surface area (Å²) in [6, 6.07) is 4.59. The molecule has 1 rings (SSSR count). The quantitative estimate of drug-likeness (QED) is 0.630. The van der Waals surface area contributed by atoms with Gasteiger partial charge in [-0.15, -0.1) is 0 Å². The molecule has 0 aliphatic carbocycles. The van der Waals surface area contributed by atoms with Crippen molar-refractivity contribution in [1.29, 1.82) is 0 Å². The average molecular weight is 243 g/mol. The van der Waals surface area contributed by atoms with Gasteiger partial charge in [-0.25, -0.2) is 0 Å². The van der Waals surface area contributed by atoms with E-state index in [1.807, 2.05) is 20.8 Å². The smallest absolute Gasteiger partial charge is 0.294 e. The maximum Gasteiger partial charge on any atom is 0.294 e. The van der Waals surface area contributed by atoms with Crippen molar-refractivity contribution in [2.75, 3.05) is 5.73 Å². The second-order valence-corrected chi connectivity index (χ2v) is 5.86. The number of anilines is 1. The van der Waals surface area contributed by atoms with E-state index in [0.717, 1.165) is 6.42 Å². The van der Waals surface area contributed by atoms with Gasteiger partial charge in [-0.2, -0.15) is 8.42 Å². The fourth-order valence-electron chi connectivity index (χ4n) is 1.50. The Morgan fingerprint density at radius 2 is 1.94 bits per heavy atom.